The van der Waals surface area contributed by atoms with Crippen LogP contribution in [0.5, 0.6) is 0 Å². The molecule has 0 atom stereocenters. The molecular weight excluding hydrogens is 781 g/mol. The molecule has 0 saturated heterocycles. The van der Waals surface area contributed by atoms with Crippen molar-refractivity contribution in [2.24, 2.45) is 0 Å². The Hall–Kier alpha value is -8.74. The van der Waals surface area contributed by atoms with Crippen LogP contribution in [0.4, 0.5) is 0 Å². The first kappa shape index (κ1) is 36.0. The molecule has 0 N–H and O–H groups in total. The minimum Gasteiger partial charge on any atom is -0.278 e. The second-order valence-corrected chi connectivity index (χ2v) is 16.3. The number of fused-ring (bicyclic) bond motifs is 3. The lowest BCUT2D eigenvalue weighted by Crippen LogP contribution is -2.04. The van der Waals surface area contributed by atoms with Gasteiger partial charge in [0.2, 0.25) is 11.9 Å². The van der Waals surface area contributed by atoms with Gasteiger partial charge in [0.15, 0.2) is 0 Å². The summed E-state index contributed by atoms with van der Waals surface area (Å²) in [5, 5.41) is 7.01. The molecule has 0 bridgehead atoms. The van der Waals surface area contributed by atoms with Crippen LogP contribution < -0.4 is 0 Å². The molecule has 0 amide bonds. The summed E-state index contributed by atoms with van der Waals surface area (Å²) in [6.07, 6.45) is 0. The molecule has 0 fully saturated rings. The van der Waals surface area contributed by atoms with Crippen molar-refractivity contribution in [2.45, 2.75) is 0 Å². The van der Waals surface area contributed by atoms with E-state index >= 15 is 0 Å². The molecule has 6 heteroatoms. The number of hydrogen-bond acceptors (Lipinski definition) is 4. The zero-order valence-electron chi connectivity index (χ0n) is 34.5. The molecule has 9 aromatic carbocycles. The smallest absolute Gasteiger partial charge is 0.235 e. The summed E-state index contributed by atoms with van der Waals surface area (Å²) >= 11 is 0. The molecule has 0 saturated carbocycles. The van der Waals surface area contributed by atoms with Crippen molar-refractivity contribution >= 4 is 54.4 Å². The van der Waals surface area contributed by atoms with Gasteiger partial charge in [-0.15, -0.1) is 0 Å². The summed E-state index contributed by atoms with van der Waals surface area (Å²) in [7, 11) is 0. The van der Waals surface area contributed by atoms with E-state index in [0.717, 1.165) is 94.4 Å². The lowest BCUT2D eigenvalue weighted by Gasteiger charge is -2.13. The predicted molar refractivity (Wildman–Crippen MR) is 262 cm³/mol. The number of benzene rings is 9. The van der Waals surface area contributed by atoms with Gasteiger partial charge in [-0.05, 0) is 58.3 Å². The number of hydrogen-bond donors (Lipinski definition) is 0. The average molecular weight is 817 g/mol. The Bertz CT molecular complexity index is 3760. The van der Waals surface area contributed by atoms with Gasteiger partial charge >= 0.3 is 0 Å². The van der Waals surface area contributed by atoms with E-state index in [4.69, 9.17) is 19.9 Å². The Kier molecular flexibility index (Phi) is 8.11. The van der Waals surface area contributed by atoms with Crippen LogP contribution in [0.2, 0.25) is 0 Å². The first-order valence-corrected chi connectivity index (χ1v) is 21.6. The van der Waals surface area contributed by atoms with Crippen molar-refractivity contribution in [1.29, 1.82) is 0 Å². The molecule has 298 valence electrons. The summed E-state index contributed by atoms with van der Waals surface area (Å²) in [5.74, 6) is 1.26. The second-order valence-electron chi connectivity index (χ2n) is 16.3. The molecule has 0 unspecified atom stereocenters. The molecule has 13 aromatic rings. The highest BCUT2D eigenvalue weighted by Crippen LogP contribution is 2.44. The number of rotatable bonds is 7. The fourth-order valence-corrected chi connectivity index (χ4v) is 9.61. The van der Waals surface area contributed by atoms with Gasteiger partial charge in [-0.2, -0.15) is 0 Å². The van der Waals surface area contributed by atoms with Crippen LogP contribution in [0.1, 0.15) is 0 Å². The Balaban J connectivity index is 1.04. The van der Waals surface area contributed by atoms with Gasteiger partial charge in [-0.25, -0.2) is 19.9 Å². The van der Waals surface area contributed by atoms with E-state index in [1.165, 1.54) is 16.2 Å². The monoisotopic (exact) mass is 816 g/mol. The van der Waals surface area contributed by atoms with Crippen LogP contribution in [0.15, 0.2) is 218 Å². The highest BCUT2D eigenvalue weighted by Gasteiger charge is 2.23. The Morgan fingerprint density at radius 3 is 1.28 bits per heavy atom. The Morgan fingerprint density at radius 1 is 0.266 bits per heavy atom. The number of para-hydroxylation sites is 1. The van der Waals surface area contributed by atoms with Crippen LogP contribution in [0.3, 0.4) is 0 Å². The number of aromatic nitrogens is 6. The minimum atomic E-state index is 0.626. The summed E-state index contributed by atoms with van der Waals surface area (Å²) in [5.41, 5.74) is 14.1. The highest BCUT2D eigenvalue weighted by atomic mass is 15.2. The second kappa shape index (κ2) is 14.4. The lowest BCUT2D eigenvalue weighted by molar-refractivity contribution is 0.996. The normalized spacial score (nSPS) is 11.8. The highest BCUT2D eigenvalue weighted by molar-refractivity contribution is 6.26. The molecule has 0 aliphatic carbocycles. The summed E-state index contributed by atoms with van der Waals surface area (Å²) < 4.78 is 4.48. The molecule has 0 aliphatic heterocycles. The third kappa shape index (κ3) is 5.73. The summed E-state index contributed by atoms with van der Waals surface area (Å²) in [6.45, 7) is 0. The predicted octanol–water partition coefficient (Wildman–Crippen LogP) is 14.4. The summed E-state index contributed by atoms with van der Waals surface area (Å²) in [6, 6.07) is 76.6. The third-order valence-corrected chi connectivity index (χ3v) is 12.6. The van der Waals surface area contributed by atoms with E-state index in [0.29, 0.717) is 11.9 Å². The molecule has 0 spiro atoms. The fraction of sp³-hybridized carbons (Fsp3) is 0. The van der Waals surface area contributed by atoms with Crippen LogP contribution in [-0.2, 0) is 0 Å². The molecule has 4 heterocycles. The van der Waals surface area contributed by atoms with Gasteiger partial charge in [0, 0.05) is 43.8 Å². The van der Waals surface area contributed by atoms with Crippen molar-refractivity contribution in [3.8, 4) is 68.1 Å². The first-order valence-electron chi connectivity index (χ1n) is 21.6. The van der Waals surface area contributed by atoms with E-state index in [1.54, 1.807) is 0 Å². The van der Waals surface area contributed by atoms with Crippen molar-refractivity contribution in [3.05, 3.63) is 218 Å². The van der Waals surface area contributed by atoms with Crippen LogP contribution in [0.25, 0.3) is 122 Å². The minimum absolute atomic E-state index is 0.626. The van der Waals surface area contributed by atoms with Gasteiger partial charge in [-0.3, -0.25) is 9.13 Å². The van der Waals surface area contributed by atoms with Crippen molar-refractivity contribution in [2.75, 3.05) is 0 Å². The Morgan fingerprint density at radius 2 is 0.719 bits per heavy atom. The zero-order valence-corrected chi connectivity index (χ0v) is 34.5. The van der Waals surface area contributed by atoms with Gasteiger partial charge in [0.1, 0.15) is 0 Å². The molecule has 13 rings (SSSR count). The maximum Gasteiger partial charge on any atom is 0.235 e. The fourth-order valence-electron chi connectivity index (χ4n) is 9.61. The Labute approximate surface area is 368 Å². The zero-order chi connectivity index (χ0) is 42.1. The van der Waals surface area contributed by atoms with Gasteiger partial charge in [-0.1, -0.05) is 182 Å². The van der Waals surface area contributed by atoms with Crippen molar-refractivity contribution in [3.63, 3.8) is 0 Å². The van der Waals surface area contributed by atoms with E-state index in [9.17, 15) is 0 Å². The maximum absolute atomic E-state index is 5.30. The van der Waals surface area contributed by atoms with Gasteiger partial charge in [0.05, 0.1) is 44.8 Å². The number of nitrogens with zero attached hydrogens (tertiary/aromatic N) is 6. The lowest BCUT2D eigenvalue weighted by atomic mass is 9.94. The average Bonchev–Trinajstić information content (AvgIpc) is 3.90. The SMILES string of the molecule is c1ccc(-c2cc(-c3ccccc3)nc(-n3c4ccccc4c4ccc(-c5ccc6c7c5ccc5cccc(c57)n6-c5nc(-c6ccccc6)cc(-c6ccccc6)n5)cc43)n2)cc1. The van der Waals surface area contributed by atoms with Crippen molar-refractivity contribution in [1.82, 2.24) is 29.1 Å². The largest absolute Gasteiger partial charge is 0.278 e. The quantitative estimate of drug-likeness (QED) is 0.150. The topological polar surface area (TPSA) is 61.4 Å². The molecule has 0 aliphatic rings. The van der Waals surface area contributed by atoms with Crippen molar-refractivity contribution < 1.29 is 0 Å². The van der Waals surface area contributed by atoms with Gasteiger partial charge in [0.25, 0.3) is 0 Å². The van der Waals surface area contributed by atoms with Gasteiger partial charge < -0.3 is 0 Å². The maximum atomic E-state index is 5.30. The summed E-state index contributed by atoms with van der Waals surface area (Å²) in [4.78, 5) is 21.2. The van der Waals surface area contributed by atoms with Crippen LogP contribution >= 0.6 is 0 Å². The molecule has 6 nitrogen and oxygen atoms in total. The van der Waals surface area contributed by atoms with E-state index < -0.39 is 0 Å². The van der Waals surface area contributed by atoms with E-state index in [1.807, 2.05) is 24.3 Å². The molecular formula is C58H36N6. The first-order chi connectivity index (χ1) is 31.7. The molecule has 64 heavy (non-hydrogen) atoms. The standard InChI is InChI=1S/C58H36N6/c1-5-16-37(17-6-1)47-35-48(38-18-7-2-8-19-38)60-57(59-47)63-51-26-14-13-25-44(51)45-30-29-42(34-54(45)63)43-32-33-53-56-46(43)31-28-41-24-15-27-52(55(41)56)64(53)58-61-49(39-20-9-3-10-21-39)36-50(62-58)40-22-11-4-12-23-40/h1-36H. The van der Waals surface area contributed by atoms with Crippen LogP contribution in [-0.4, -0.2) is 29.1 Å². The molecule has 4 aromatic heterocycles. The van der Waals surface area contributed by atoms with E-state index in [2.05, 4.69) is 203 Å². The van der Waals surface area contributed by atoms with Crippen LogP contribution in [0, 0.1) is 0 Å². The van der Waals surface area contributed by atoms with E-state index in [-0.39, 0.29) is 0 Å². The molecule has 0 radical (unpaired) electrons. The third-order valence-electron chi connectivity index (χ3n) is 12.6.